The molecular weight excluding hydrogens is 462 g/mol. The summed E-state index contributed by atoms with van der Waals surface area (Å²) in [6.07, 6.45) is 8.60. The number of rotatable bonds is 1. The molecule has 6 heteroatoms. The van der Waals surface area contributed by atoms with Gasteiger partial charge in [-0.2, -0.15) is 4.98 Å². The maximum atomic E-state index is 13.3. The van der Waals surface area contributed by atoms with Crippen molar-refractivity contribution in [1.29, 1.82) is 0 Å². The second kappa shape index (κ2) is 7.89. The number of aliphatic hydroxyl groups excluding tert-OH is 1. The van der Waals surface area contributed by atoms with Crippen LogP contribution in [0.15, 0.2) is 46.0 Å². The van der Waals surface area contributed by atoms with Crippen molar-refractivity contribution in [3.8, 4) is 17.1 Å². The number of pyridine rings is 1. The molecule has 6 nitrogen and oxygen atoms in total. The summed E-state index contributed by atoms with van der Waals surface area (Å²) in [5.41, 5.74) is 3.38. The average molecular weight is 500 g/mol. The number of para-hydroxylation sites is 1. The zero-order valence-electron chi connectivity index (χ0n) is 22.1. The maximum absolute atomic E-state index is 13.3. The topological polar surface area (TPSA) is 77.1 Å². The molecule has 0 unspecified atom stereocenters. The Morgan fingerprint density at radius 1 is 0.973 bits per heavy atom. The molecule has 194 valence electrons. The van der Waals surface area contributed by atoms with Gasteiger partial charge in [-0.15, -0.1) is 0 Å². The van der Waals surface area contributed by atoms with E-state index in [2.05, 4.69) is 29.5 Å². The van der Waals surface area contributed by atoms with Crippen LogP contribution in [-0.4, -0.2) is 25.3 Å². The minimum atomic E-state index is -0.507. The molecule has 1 aromatic carbocycles. The van der Waals surface area contributed by atoms with E-state index in [0.29, 0.717) is 35.1 Å². The first-order valence-electron chi connectivity index (χ1n) is 14.1. The fourth-order valence-corrected chi connectivity index (χ4v) is 9.41. The lowest BCUT2D eigenvalue weighted by Gasteiger charge is -2.60. The van der Waals surface area contributed by atoms with E-state index in [9.17, 15) is 14.7 Å². The lowest BCUT2D eigenvalue weighted by atomic mass is 9.45. The molecule has 0 amide bonds. The molecule has 4 aliphatic carbocycles. The van der Waals surface area contributed by atoms with Crippen LogP contribution in [-0.2, 0) is 19.9 Å². The van der Waals surface area contributed by atoms with Crippen molar-refractivity contribution in [2.45, 2.75) is 71.3 Å². The van der Waals surface area contributed by atoms with E-state index in [1.54, 1.807) is 0 Å². The van der Waals surface area contributed by atoms with Gasteiger partial charge in [0.25, 0.3) is 5.56 Å². The minimum Gasteiger partial charge on any atom is -0.393 e. The molecule has 3 saturated carbocycles. The number of hydrogen-bond donors (Lipinski definition) is 1. The Balaban J connectivity index is 1.39. The minimum absolute atomic E-state index is 0.0807. The first kappa shape index (κ1) is 23.4. The molecule has 1 N–H and O–H groups in total. The highest BCUT2D eigenvalue weighted by Gasteiger charge is 2.60. The Bertz CT molecular complexity index is 1480. The van der Waals surface area contributed by atoms with Gasteiger partial charge in [0.2, 0.25) is 0 Å². The monoisotopic (exact) mass is 499 g/mol. The second-order valence-corrected chi connectivity index (χ2v) is 13.0. The van der Waals surface area contributed by atoms with Crippen LogP contribution in [0.4, 0.5) is 0 Å². The summed E-state index contributed by atoms with van der Waals surface area (Å²) in [5, 5.41) is 10.8. The molecular formula is C31H37N3O3. The third-order valence-electron chi connectivity index (χ3n) is 11.5. The van der Waals surface area contributed by atoms with Crippen molar-refractivity contribution in [3.63, 3.8) is 0 Å². The van der Waals surface area contributed by atoms with E-state index in [-0.39, 0.29) is 22.5 Å². The van der Waals surface area contributed by atoms with Crippen molar-refractivity contribution in [2.24, 2.45) is 41.5 Å². The van der Waals surface area contributed by atoms with Crippen molar-refractivity contribution in [3.05, 3.63) is 68.5 Å². The zero-order chi connectivity index (χ0) is 25.7. The van der Waals surface area contributed by atoms with Gasteiger partial charge in [0.1, 0.15) is 0 Å². The van der Waals surface area contributed by atoms with Crippen LogP contribution in [0.1, 0.15) is 63.6 Å². The van der Waals surface area contributed by atoms with E-state index in [1.807, 2.05) is 30.3 Å². The van der Waals surface area contributed by atoms with Gasteiger partial charge >= 0.3 is 5.69 Å². The Hall–Kier alpha value is -2.73. The van der Waals surface area contributed by atoms with Crippen LogP contribution in [0.2, 0.25) is 0 Å². The molecule has 7 rings (SSSR count). The number of aliphatic hydroxyl groups is 1. The highest BCUT2D eigenvalue weighted by Crippen LogP contribution is 2.65. The van der Waals surface area contributed by atoms with E-state index < -0.39 is 5.69 Å². The van der Waals surface area contributed by atoms with E-state index in [4.69, 9.17) is 0 Å². The van der Waals surface area contributed by atoms with Gasteiger partial charge in [0.05, 0.1) is 11.7 Å². The summed E-state index contributed by atoms with van der Waals surface area (Å²) < 4.78 is 3.23. The third kappa shape index (κ3) is 3.11. The van der Waals surface area contributed by atoms with Gasteiger partial charge in [-0.1, -0.05) is 32.0 Å². The van der Waals surface area contributed by atoms with Crippen LogP contribution in [0.5, 0.6) is 0 Å². The molecule has 7 atom stereocenters. The van der Waals surface area contributed by atoms with Crippen molar-refractivity contribution in [2.75, 3.05) is 0 Å². The van der Waals surface area contributed by atoms with Crippen LogP contribution < -0.4 is 11.2 Å². The molecule has 37 heavy (non-hydrogen) atoms. The fourth-order valence-electron chi connectivity index (χ4n) is 9.41. The molecule has 3 fully saturated rings. The summed E-state index contributed by atoms with van der Waals surface area (Å²) in [4.78, 5) is 30.3. The summed E-state index contributed by atoms with van der Waals surface area (Å²) >= 11 is 0. The predicted octanol–water partition coefficient (Wildman–Crippen LogP) is 4.35. The smallest absolute Gasteiger partial charge is 0.352 e. The second-order valence-electron chi connectivity index (χ2n) is 13.0. The number of nitrogens with zero attached hydrogens (tertiary/aromatic N) is 3. The van der Waals surface area contributed by atoms with Gasteiger partial charge < -0.3 is 5.11 Å². The number of benzene rings is 1. The highest BCUT2D eigenvalue weighted by atomic mass is 16.3. The Morgan fingerprint density at radius 2 is 1.73 bits per heavy atom. The van der Waals surface area contributed by atoms with Crippen molar-refractivity contribution >= 4 is 0 Å². The third-order valence-corrected chi connectivity index (χ3v) is 11.5. The van der Waals surface area contributed by atoms with Gasteiger partial charge in [-0.25, -0.2) is 4.79 Å². The predicted molar refractivity (Wildman–Crippen MR) is 143 cm³/mol. The number of fused-ring (bicyclic) bond motifs is 7. The summed E-state index contributed by atoms with van der Waals surface area (Å²) in [5.74, 6) is 2.98. The Labute approximate surface area is 217 Å². The van der Waals surface area contributed by atoms with E-state index in [0.717, 1.165) is 42.4 Å². The molecule has 1 aromatic rings. The quantitative estimate of drug-likeness (QED) is 0.540. The van der Waals surface area contributed by atoms with Crippen molar-refractivity contribution in [1.82, 2.24) is 14.1 Å². The van der Waals surface area contributed by atoms with E-state index >= 15 is 0 Å². The van der Waals surface area contributed by atoms with Crippen LogP contribution in [0, 0.1) is 34.5 Å². The lowest BCUT2D eigenvalue weighted by molar-refractivity contribution is -0.111. The standard InChI is InChI=1S/C31H37N3O3/c1-30-14-13-24-21(23(30)11-12-26(30)35)10-9-19-16-25-18(17-31(19,24)2)15-22-27(32-29(37)33(3)28(22)36)34(25)20-7-5-4-6-8-20/h4-8,15,19,21,23-24,26,35H,9-14,16-17H2,1-3H3/t19-,21-,23-,24-,26-,30-,31-/m0/s1. The average Bonchev–Trinajstić information content (AvgIpc) is 3.20. The molecule has 0 radical (unpaired) electrons. The SMILES string of the molecule is Cn1c(=O)nc2n(-c3ccccc3)c3c(cc-2c1=O)C[C@@]1(C)[C@@H](CC[C@@H]2[C@@H]1CC[C@]1(C)[C@@H](O)CC[C@@H]21)C3. The molecule has 2 heterocycles. The summed E-state index contributed by atoms with van der Waals surface area (Å²) in [6, 6.07) is 12.1. The number of aromatic nitrogens is 3. The number of hydrogen-bond acceptors (Lipinski definition) is 4. The van der Waals surface area contributed by atoms with Crippen molar-refractivity contribution < 1.29 is 5.11 Å². The summed E-state index contributed by atoms with van der Waals surface area (Å²) in [6.45, 7) is 4.86. The van der Waals surface area contributed by atoms with Gasteiger partial charge in [0.15, 0.2) is 5.82 Å². The highest BCUT2D eigenvalue weighted by molar-refractivity contribution is 5.62. The van der Waals surface area contributed by atoms with Crippen LogP contribution in [0.25, 0.3) is 17.1 Å². The molecule has 0 spiro atoms. The lowest BCUT2D eigenvalue weighted by Crippen LogP contribution is -2.55. The largest absolute Gasteiger partial charge is 0.393 e. The Kier molecular flexibility index (Phi) is 4.99. The Morgan fingerprint density at radius 3 is 2.51 bits per heavy atom. The van der Waals surface area contributed by atoms with E-state index in [1.165, 1.54) is 37.6 Å². The maximum Gasteiger partial charge on any atom is 0.352 e. The van der Waals surface area contributed by atoms with Gasteiger partial charge in [-0.3, -0.25) is 13.9 Å². The molecule has 0 saturated heterocycles. The summed E-state index contributed by atoms with van der Waals surface area (Å²) in [7, 11) is 1.52. The van der Waals surface area contributed by atoms with Gasteiger partial charge in [0, 0.05) is 18.4 Å². The first-order valence-corrected chi connectivity index (χ1v) is 14.1. The normalized spacial score (nSPS) is 36.5. The molecule has 6 aliphatic rings. The zero-order valence-corrected chi connectivity index (χ0v) is 22.1. The first-order chi connectivity index (χ1) is 17.7. The molecule has 0 aromatic heterocycles. The molecule has 0 bridgehead atoms. The fraction of sp³-hybridized carbons (Fsp3) is 0.581. The van der Waals surface area contributed by atoms with Crippen LogP contribution >= 0.6 is 0 Å². The van der Waals surface area contributed by atoms with Gasteiger partial charge in [-0.05, 0) is 110 Å². The molecule has 2 aliphatic heterocycles. The van der Waals surface area contributed by atoms with Crippen LogP contribution in [0.3, 0.4) is 0 Å².